The number of hydrogen-bond acceptors (Lipinski definition) is 4. The Labute approximate surface area is 93.9 Å². The Hall–Kier alpha value is -1.84. The maximum atomic E-state index is 11.6. The van der Waals surface area contributed by atoms with Gasteiger partial charge in [-0.25, -0.2) is 4.79 Å². The van der Waals surface area contributed by atoms with Gasteiger partial charge < -0.3 is 9.84 Å². The molecule has 0 bridgehead atoms. The van der Waals surface area contributed by atoms with E-state index in [0.29, 0.717) is 5.56 Å². The highest BCUT2D eigenvalue weighted by Gasteiger charge is 2.19. The Kier molecular flexibility index (Phi) is 3.66. The molecule has 16 heavy (non-hydrogen) atoms. The van der Waals surface area contributed by atoms with Crippen molar-refractivity contribution in [3.8, 4) is 5.75 Å². The van der Waals surface area contributed by atoms with Gasteiger partial charge in [0, 0.05) is 5.56 Å². The predicted octanol–water partition coefficient (Wildman–Crippen LogP) is 1.75. The van der Waals surface area contributed by atoms with Crippen molar-refractivity contribution in [2.75, 3.05) is 6.61 Å². The van der Waals surface area contributed by atoms with Crippen LogP contribution in [0.2, 0.25) is 0 Å². The lowest BCUT2D eigenvalue weighted by molar-refractivity contribution is -0.137. The summed E-state index contributed by atoms with van der Waals surface area (Å²) >= 11 is 0. The second-order valence-electron chi connectivity index (χ2n) is 3.49. The van der Waals surface area contributed by atoms with Gasteiger partial charge in [-0.15, -0.1) is 0 Å². The third-order valence-electron chi connectivity index (χ3n) is 2.36. The minimum Gasteiger partial charge on any atom is -0.508 e. The molecule has 0 saturated carbocycles. The van der Waals surface area contributed by atoms with Gasteiger partial charge in [0.25, 0.3) is 5.78 Å². The number of carbonyl (C=O) groups is 2. The molecule has 1 rings (SSSR count). The summed E-state index contributed by atoms with van der Waals surface area (Å²) in [4.78, 5) is 22.8. The molecule has 0 aromatic heterocycles. The van der Waals surface area contributed by atoms with Gasteiger partial charge in [-0.2, -0.15) is 0 Å². The number of hydrogen-bond donors (Lipinski definition) is 1. The summed E-state index contributed by atoms with van der Waals surface area (Å²) in [6.07, 6.45) is 0. The standard InChI is InChI=1S/C12H14O4/c1-4-16-12(15)11(14)9-5-7(2)8(3)10(13)6-9/h5-6,13H,4H2,1-3H3. The van der Waals surface area contributed by atoms with Crippen LogP contribution in [-0.2, 0) is 9.53 Å². The van der Waals surface area contributed by atoms with Gasteiger partial charge >= 0.3 is 5.97 Å². The summed E-state index contributed by atoms with van der Waals surface area (Å²) in [5.41, 5.74) is 1.60. The zero-order valence-electron chi connectivity index (χ0n) is 9.53. The molecule has 0 atom stereocenters. The zero-order chi connectivity index (χ0) is 12.3. The molecule has 4 heteroatoms. The fraction of sp³-hybridized carbons (Fsp3) is 0.333. The molecule has 0 aliphatic heterocycles. The predicted molar refractivity (Wildman–Crippen MR) is 58.5 cm³/mol. The SMILES string of the molecule is CCOC(=O)C(=O)c1cc(C)c(C)c(O)c1. The lowest BCUT2D eigenvalue weighted by Gasteiger charge is -2.06. The summed E-state index contributed by atoms with van der Waals surface area (Å²) < 4.78 is 4.60. The van der Waals surface area contributed by atoms with E-state index >= 15 is 0 Å². The molecule has 0 unspecified atom stereocenters. The minimum absolute atomic E-state index is 0.00708. The molecule has 1 N–H and O–H groups in total. The van der Waals surface area contributed by atoms with E-state index in [0.717, 1.165) is 5.56 Å². The van der Waals surface area contributed by atoms with Gasteiger partial charge in [0.15, 0.2) is 0 Å². The van der Waals surface area contributed by atoms with Crippen LogP contribution >= 0.6 is 0 Å². The third-order valence-corrected chi connectivity index (χ3v) is 2.36. The van der Waals surface area contributed by atoms with Gasteiger partial charge in [0.2, 0.25) is 0 Å². The van der Waals surface area contributed by atoms with Crippen molar-refractivity contribution in [2.24, 2.45) is 0 Å². The second-order valence-corrected chi connectivity index (χ2v) is 3.49. The smallest absolute Gasteiger partial charge is 0.379 e. The highest BCUT2D eigenvalue weighted by atomic mass is 16.5. The Morgan fingerprint density at radius 1 is 1.31 bits per heavy atom. The summed E-state index contributed by atoms with van der Waals surface area (Å²) in [5, 5.41) is 9.54. The lowest BCUT2D eigenvalue weighted by Crippen LogP contribution is -2.17. The van der Waals surface area contributed by atoms with Gasteiger partial charge in [-0.05, 0) is 44.0 Å². The molecule has 86 valence electrons. The molecule has 0 saturated heterocycles. The molecule has 0 aliphatic rings. The summed E-state index contributed by atoms with van der Waals surface area (Å²) in [6, 6.07) is 2.84. The van der Waals surface area contributed by atoms with E-state index in [4.69, 9.17) is 0 Å². The number of ether oxygens (including phenoxy) is 1. The number of benzene rings is 1. The van der Waals surface area contributed by atoms with Gasteiger partial charge in [-0.1, -0.05) is 0 Å². The first kappa shape index (κ1) is 12.2. The Morgan fingerprint density at radius 2 is 1.94 bits per heavy atom. The third kappa shape index (κ3) is 2.39. The average molecular weight is 222 g/mol. The van der Waals surface area contributed by atoms with Crippen molar-refractivity contribution < 1.29 is 19.4 Å². The molecule has 0 spiro atoms. The van der Waals surface area contributed by atoms with E-state index in [1.807, 2.05) is 0 Å². The van der Waals surface area contributed by atoms with E-state index in [1.54, 1.807) is 26.8 Å². The molecule has 0 aliphatic carbocycles. The van der Waals surface area contributed by atoms with E-state index in [2.05, 4.69) is 4.74 Å². The normalized spacial score (nSPS) is 9.94. The van der Waals surface area contributed by atoms with Crippen LogP contribution in [0.4, 0.5) is 0 Å². The monoisotopic (exact) mass is 222 g/mol. The van der Waals surface area contributed by atoms with Crippen molar-refractivity contribution >= 4 is 11.8 Å². The number of carbonyl (C=O) groups excluding carboxylic acids is 2. The van der Waals surface area contributed by atoms with Gasteiger partial charge in [0.05, 0.1) is 6.61 Å². The molecule has 4 nitrogen and oxygen atoms in total. The number of Topliss-reactive ketones (excluding diaryl/α,β-unsaturated/α-hetero) is 1. The van der Waals surface area contributed by atoms with Gasteiger partial charge in [-0.3, -0.25) is 4.79 Å². The molecule has 0 fully saturated rings. The summed E-state index contributed by atoms with van der Waals surface area (Å²) in [5.74, 6) is -1.63. The quantitative estimate of drug-likeness (QED) is 0.481. The molecule has 0 radical (unpaired) electrons. The number of phenolic OH excluding ortho intramolecular Hbond substituents is 1. The fourth-order valence-corrected chi connectivity index (χ4v) is 1.29. The lowest BCUT2D eigenvalue weighted by atomic mass is 10.0. The van der Waals surface area contributed by atoms with Gasteiger partial charge in [0.1, 0.15) is 5.75 Å². The minimum atomic E-state index is -0.898. The van der Waals surface area contributed by atoms with Crippen molar-refractivity contribution in [1.29, 1.82) is 0 Å². The molecular weight excluding hydrogens is 208 g/mol. The molecule has 1 aromatic rings. The molecular formula is C12H14O4. The number of phenols is 1. The van der Waals surface area contributed by atoms with E-state index in [1.165, 1.54) is 6.07 Å². The molecule has 0 amide bonds. The van der Waals surface area contributed by atoms with Crippen LogP contribution in [0, 0.1) is 13.8 Å². The van der Waals surface area contributed by atoms with Crippen molar-refractivity contribution in [2.45, 2.75) is 20.8 Å². The van der Waals surface area contributed by atoms with Crippen molar-refractivity contribution in [3.05, 3.63) is 28.8 Å². The Morgan fingerprint density at radius 3 is 2.44 bits per heavy atom. The van der Waals surface area contributed by atoms with Crippen LogP contribution in [0.3, 0.4) is 0 Å². The van der Waals surface area contributed by atoms with Crippen LogP contribution in [0.1, 0.15) is 28.4 Å². The first-order chi connectivity index (χ1) is 7.47. The first-order valence-corrected chi connectivity index (χ1v) is 4.99. The van der Waals surface area contributed by atoms with Crippen LogP contribution in [-0.4, -0.2) is 23.5 Å². The topological polar surface area (TPSA) is 63.6 Å². The van der Waals surface area contributed by atoms with Crippen LogP contribution in [0.5, 0.6) is 5.75 Å². The second kappa shape index (κ2) is 4.79. The number of aromatic hydroxyl groups is 1. The zero-order valence-corrected chi connectivity index (χ0v) is 9.53. The Bertz CT molecular complexity index is 412. The van der Waals surface area contributed by atoms with E-state index in [9.17, 15) is 14.7 Å². The van der Waals surface area contributed by atoms with Crippen LogP contribution < -0.4 is 0 Å². The average Bonchev–Trinajstić information content (AvgIpc) is 2.24. The maximum Gasteiger partial charge on any atom is 0.379 e. The summed E-state index contributed by atoms with van der Waals surface area (Å²) in [7, 11) is 0. The van der Waals surface area contributed by atoms with Crippen LogP contribution in [0.25, 0.3) is 0 Å². The number of rotatable bonds is 3. The largest absolute Gasteiger partial charge is 0.508 e. The van der Waals surface area contributed by atoms with E-state index in [-0.39, 0.29) is 17.9 Å². The Balaban J connectivity index is 3.06. The molecule has 1 aromatic carbocycles. The maximum absolute atomic E-state index is 11.6. The van der Waals surface area contributed by atoms with Crippen molar-refractivity contribution in [1.82, 2.24) is 0 Å². The fourth-order valence-electron chi connectivity index (χ4n) is 1.29. The first-order valence-electron chi connectivity index (χ1n) is 4.99. The van der Waals surface area contributed by atoms with E-state index < -0.39 is 11.8 Å². The van der Waals surface area contributed by atoms with Crippen molar-refractivity contribution in [3.63, 3.8) is 0 Å². The highest BCUT2D eigenvalue weighted by Crippen LogP contribution is 2.22. The van der Waals surface area contributed by atoms with Crippen LogP contribution in [0.15, 0.2) is 12.1 Å². The number of ketones is 1. The summed E-state index contributed by atoms with van der Waals surface area (Å²) in [6.45, 7) is 5.28. The highest BCUT2D eigenvalue weighted by molar-refractivity contribution is 6.40. The molecule has 0 heterocycles. The number of esters is 1. The number of aryl methyl sites for hydroxylation is 1.